The van der Waals surface area contributed by atoms with Crippen molar-refractivity contribution in [2.75, 3.05) is 46.4 Å². The zero-order valence-electron chi connectivity index (χ0n) is 16.0. The van der Waals surface area contributed by atoms with Crippen molar-refractivity contribution >= 4 is 17.3 Å². The standard InChI is InChI=1S/C19H28N6OS/c1-16(17-4-6-18(7-5-17)25-15-20-14-22-25)23(2)19(27)21-8-3-9-24-10-12-26-13-11-24/h4-7,14-16H,3,8-13H2,1-2H3,(H,21,27)/t16-/m0/s1. The van der Waals surface area contributed by atoms with Gasteiger partial charge in [-0.1, -0.05) is 12.1 Å². The number of thiocarbonyl (C=S) groups is 1. The predicted octanol–water partition coefficient (Wildman–Crippen LogP) is 1.86. The second-order valence-electron chi connectivity index (χ2n) is 6.76. The van der Waals surface area contributed by atoms with Crippen molar-refractivity contribution in [1.29, 1.82) is 0 Å². The molecule has 0 unspecified atom stereocenters. The first kappa shape index (κ1) is 19.7. The van der Waals surface area contributed by atoms with Crippen molar-refractivity contribution in [2.24, 2.45) is 0 Å². The third kappa shape index (κ3) is 5.47. The van der Waals surface area contributed by atoms with Crippen LogP contribution >= 0.6 is 12.2 Å². The number of rotatable bonds is 7. The van der Waals surface area contributed by atoms with E-state index in [1.54, 1.807) is 11.0 Å². The summed E-state index contributed by atoms with van der Waals surface area (Å²) in [6.45, 7) is 7.90. The number of hydrogen-bond donors (Lipinski definition) is 1. The van der Waals surface area contributed by atoms with Crippen LogP contribution in [0.2, 0.25) is 0 Å². The second kappa shape index (κ2) is 9.77. The minimum Gasteiger partial charge on any atom is -0.379 e. The molecule has 1 fully saturated rings. The van der Waals surface area contributed by atoms with Crippen LogP contribution in [-0.4, -0.2) is 76.1 Å². The van der Waals surface area contributed by atoms with Gasteiger partial charge in [-0.2, -0.15) is 5.10 Å². The molecule has 1 aliphatic rings. The van der Waals surface area contributed by atoms with Crippen molar-refractivity contribution in [1.82, 2.24) is 29.9 Å². The molecule has 2 aromatic rings. The molecular formula is C19H28N6OS. The largest absolute Gasteiger partial charge is 0.379 e. The Morgan fingerprint density at radius 3 is 2.70 bits per heavy atom. The van der Waals surface area contributed by atoms with Crippen molar-refractivity contribution in [3.05, 3.63) is 42.5 Å². The number of nitrogens with zero attached hydrogens (tertiary/aromatic N) is 5. The molecule has 0 bridgehead atoms. The molecule has 8 heteroatoms. The van der Waals surface area contributed by atoms with Gasteiger partial charge in [0, 0.05) is 26.7 Å². The molecule has 1 aromatic carbocycles. The first-order valence-corrected chi connectivity index (χ1v) is 9.81. The van der Waals surface area contributed by atoms with Gasteiger partial charge in [0.15, 0.2) is 5.11 Å². The lowest BCUT2D eigenvalue weighted by Crippen LogP contribution is -2.41. The van der Waals surface area contributed by atoms with E-state index in [0.717, 1.165) is 56.6 Å². The van der Waals surface area contributed by atoms with Crippen LogP contribution in [0.15, 0.2) is 36.9 Å². The smallest absolute Gasteiger partial charge is 0.169 e. The highest BCUT2D eigenvalue weighted by Crippen LogP contribution is 2.20. The molecule has 0 aliphatic carbocycles. The average Bonchev–Trinajstić information content (AvgIpc) is 3.26. The molecule has 27 heavy (non-hydrogen) atoms. The van der Waals surface area contributed by atoms with E-state index < -0.39 is 0 Å². The number of aromatic nitrogens is 3. The van der Waals surface area contributed by atoms with E-state index in [9.17, 15) is 0 Å². The van der Waals surface area contributed by atoms with E-state index in [4.69, 9.17) is 17.0 Å². The number of nitrogens with one attached hydrogen (secondary N) is 1. The fourth-order valence-corrected chi connectivity index (χ4v) is 3.35. The zero-order chi connectivity index (χ0) is 19.1. The van der Waals surface area contributed by atoms with Gasteiger partial charge in [0.25, 0.3) is 0 Å². The van der Waals surface area contributed by atoms with Gasteiger partial charge in [-0.25, -0.2) is 9.67 Å². The van der Waals surface area contributed by atoms with Crippen molar-refractivity contribution < 1.29 is 4.74 Å². The summed E-state index contributed by atoms with van der Waals surface area (Å²) in [7, 11) is 2.04. The molecule has 0 radical (unpaired) electrons. The summed E-state index contributed by atoms with van der Waals surface area (Å²) in [6, 6.07) is 8.51. The second-order valence-corrected chi connectivity index (χ2v) is 7.14. The maximum absolute atomic E-state index is 5.57. The van der Waals surface area contributed by atoms with Crippen LogP contribution in [-0.2, 0) is 4.74 Å². The molecule has 3 rings (SSSR count). The van der Waals surface area contributed by atoms with Gasteiger partial charge < -0.3 is 15.0 Å². The molecule has 7 nitrogen and oxygen atoms in total. The molecule has 1 aliphatic heterocycles. The molecule has 1 atom stereocenters. The van der Waals surface area contributed by atoms with E-state index >= 15 is 0 Å². The Morgan fingerprint density at radius 1 is 1.30 bits per heavy atom. The highest BCUT2D eigenvalue weighted by Gasteiger charge is 2.15. The number of ether oxygens (including phenoxy) is 1. The van der Waals surface area contributed by atoms with E-state index in [-0.39, 0.29) is 6.04 Å². The molecular weight excluding hydrogens is 360 g/mol. The average molecular weight is 389 g/mol. The maximum Gasteiger partial charge on any atom is 0.169 e. The van der Waals surface area contributed by atoms with E-state index in [1.807, 2.05) is 19.2 Å². The summed E-state index contributed by atoms with van der Waals surface area (Å²) in [5, 5.41) is 8.32. The van der Waals surface area contributed by atoms with Crippen LogP contribution < -0.4 is 5.32 Å². The normalized spacial score (nSPS) is 16.1. The minimum absolute atomic E-state index is 0.189. The first-order valence-electron chi connectivity index (χ1n) is 9.41. The van der Waals surface area contributed by atoms with Gasteiger partial charge in [0.05, 0.1) is 24.9 Å². The summed E-state index contributed by atoms with van der Waals surface area (Å²) >= 11 is 5.57. The molecule has 0 saturated carbocycles. The maximum atomic E-state index is 5.57. The molecule has 146 valence electrons. The summed E-state index contributed by atoms with van der Waals surface area (Å²) in [5.74, 6) is 0. The van der Waals surface area contributed by atoms with Crippen LogP contribution in [0.5, 0.6) is 0 Å². The first-order chi connectivity index (χ1) is 13.1. The summed E-state index contributed by atoms with van der Waals surface area (Å²) in [6.07, 6.45) is 4.31. The molecule has 1 saturated heterocycles. The van der Waals surface area contributed by atoms with Crippen LogP contribution in [0.25, 0.3) is 5.69 Å². The number of hydrogen-bond acceptors (Lipinski definition) is 5. The Bertz CT molecular complexity index is 699. The van der Waals surface area contributed by atoms with Gasteiger partial charge in [-0.15, -0.1) is 0 Å². The summed E-state index contributed by atoms with van der Waals surface area (Å²) < 4.78 is 7.13. The minimum atomic E-state index is 0.189. The topological polar surface area (TPSA) is 58.5 Å². The lowest BCUT2D eigenvalue weighted by molar-refractivity contribution is 0.0376. The van der Waals surface area contributed by atoms with E-state index in [0.29, 0.717) is 0 Å². The van der Waals surface area contributed by atoms with E-state index in [2.05, 4.69) is 44.3 Å². The fourth-order valence-electron chi connectivity index (χ4n) is 3.09. The predicted molar refractivity (Wildman–Crippen MR) is 110 cm³/mol. The third-order valence-electron chi connectivity index (χ3n) is 4.99. The summed E-state index contributed by atoms with van der Waals surface area (Å²) in [5.41, 5.74) is 2.20. The summed E-state index contributed by atoms with van der Waals surface area (Å²) in [4.78, 5) is 8.53. The molecule has 0 amide bonds. The van der Waals surface area contributed by atoms with Crippen molar-refractivity contribution in [2.45, 2.75) is 19.4 Å². The Morgan fingerprint density at radius 2 is 2.04 bits per heavy atom. The number of morpholine rings is 1. The van der Waals surface area contributed by atoms with E-state index in [1.165, 1.54) is 11.9 Å². The highest BCUT2D eigenvalue weighted by molar-refractivity contribution is 7.80. The van der Waals surface area contributed by atoms with Crippen molar-refractivity contribution in [3.8, 4) is 5.69 Å². The SMILES string of the molecule is C[C@@H](c1ccc(-n2cncn2)cc1)N(C)C(=S)NCCCN1CCOCC1. The van der Waals surface area contributed by atoms with Gasteiger partial charge in [0.2, 0.25) is 0 Å². The Hall–Kier alpha value is -2.03. The third-order valence-corrected chi connectivity index (χ3v) is 5.42. The monoisotopic (exact) mass is 388 g/mol. The Balaban J connectivity index is 1.44. The van der Waals surface area contributed by atoms with Gasteiger partial charge >= 0.3 is 0 Å². The molecule has 2 heterocycles. The molecule has 1 N–H and O–H groups in total. The quantitative estimate of drug-likeness (QED) is 0.574. The van der Waals surface area contributed by atoms with Gasteiger partial charge in [-0.05, 0) is 49.8 Å². The molecule has 0 spiro atoms. The fraction of sp³-hybridized carbons (Fsp3) is 0.526. The highest BCUT2D eigenvalue weighted by atomic mass is 32.1. The van der Waals surface area contributed by atoms with Gasteiger partial charge in [-0.3, -0.25) is 4.90 Å². The van der Waals surface area contributed by atoms with Crippen LogP contribution in [0.1, 0.15) is 24.9 Å². The molecule has 1 aromatic heterocycles. The Labute approximate surface area is 166 Å². The van der Waals surface area contributed by atoms with Gasteiger partial charge in [0.1, 0.15) is 12.7 Å². The lowest BCUT2D eigenvalue weighted by atomic mass is 10.1. The van der Waals surface area contributed by atoms with Crippen molar-refractivity contribution in [3.63, 3.8) is 0 Å². The zero-order valence-corrected chi connectivity index (χ0v) is 16.9. The Kier molecular flexibility index (Phi) is 7.14. The lowest BCUT2D eigenvalue weighted by Gasteiger charge is -2.29. The van der Waals surface area contributed by atoms with Crippen LogP contribution in [0.4, 0.5) is 0 Å². The van der Waals surface area contributed by atoms with Crippen LogP contribution in [0.3, 0.4) is 0 Å². The number of benzene rings is 1. The van der Waals surface area contributed by atoms with Crippen LogP contribution in [0, 0.1) is 0 Å².